The minimum absolute atomic E-state index is 0.226. The Morgan fingerprint density at radius 2 is 1.54 bits per heavy atom. The van der Waals surface area contributed by atoms with Crippen molar-refractivity contribution in [2.24, 2.45) is 4.99 Å². The van der Waals surface area contributed by atoms with E-state index < -0.39 is 10.0 Å². The molecule has 1 aliphatic heterocycles. The second kappa shape index (κ2) is 10.7. The number of fused-ring (bicyclic) bond motifs is 3. The average Bonchev–Trinajstić information content (AvgIpc) is 3.46. The van der Waals surface area contributed by atoms with Gasteiger partial charge in [0.05, 0.1) is 29.9 Å². The third kappa shape index (κ3) is 5.29. The molecule has 0 saturated heterocycles. The van der Waals surface area contributed by atoms with E-state index in [0.717, 1.165) is 59.6 Å². The van der Waals surface area contributed by atoms with Gasteiger partial charge in [0, 0.05) is 22.7 Å². The predicted octanol–water partition coefficient (Wildman–Crippen LogP) is 7.00. The van der Waals surface area contributed by atoms with E-state index in [-0.39, 0.29) is 17.0 Å². The number of benzene rings is 3. The summed E-state index contributed by atoms with van der Waals surface area (Å²) in [6, 6.07) is 19.0. The van der Waals surface area contributed by atoms with E-state index >= 15 is 0 Å². The maximum atomic E-state index is 12.9. The summed E-state index contributed by atoms with van der Waals surface area (Å²) in [6.07, 6.45) is 9.38. The van der Waals surface area contributed by atoms with Crippen molar-refractivity contribution in [3.8, 4) is 11.5 Å². The number of hydrogen-bond donors (Lipinski definition) is 1. The minimum atomic E-state index is -3.67. The summed E-state index contributed by atoms with van der Waals surface area (Å²) < 4.78 is 40.8. The van der Waals surface area contributed by atoms with Crippen molar-refractivity contribution in [3.05, 3.63) is 82.9 Å². The Hall–Kier alpha value is -3.32. The van der Waals surface area contributed by atoms with Gasteiger partial charge >= 0.3 is 0 Å². The number of rotatable bonds is 7. The van der Waals surface area contributed by atoms with Crippen molar-refractivity contribution in [3.63, 3.8) is 0 Å². The SMILES string of the molecule is COc1cc2c(cc1OC1CCCC1)C(c1ccc(NS(=O)(=O)c3ccc(C)cc3)cc1)=N[C@@H]1CCCC[C@H]21. The number of hydrogen-bond acceptors (Lipinski definition) is 5. The molecule has 0 amide bonds. The molecule has 6 nitrogen and oxygen atoms in total. The predicted molar refractivity (Wildman–Crippen MR) is 155 cm³/mol. The van der Waals surface area contributed by atoms with Crippen LogP contribution in [0, 0.1) is 6.92 Å². The topological polar surface area (TPSA) is 77.0 Å². The van der Waals surface area contributed by atoms with Crippen LogP contribution in [0.5, 0.6) is 11.5 Å². The Kier molecular flexibility index (Phi) is 7.10. The monoisotopic (exact) mass is 544 g/mol. The Morgan fingerprint density at radius 1 is 0.846 bits per heavy atom. The highest BCUT2D eigenvalue weighted by Gasteiger charge is 2.35. The fraction of sp³-hybridized carbons (Fsp3) is 0.406. The molecule has 1 heterocycles. The first-order valence-corrected chi connectivity index (χ1v) is 15.6. The number of ether oxygens (including phenoxy) is 2. The highest BCUT2D eigenvalue weighted by molar-refractivity contribution is 7.92. The van der Waals surface area contributed by atoms with Crippen molar-refractivity contribution in [2.45, 2.75) is 81.2 Å². The molecule has 1 N–H and O–H groups in total. The van der Waals surface area contributed by atoms with Gasteiger partial charge in [0.1, 0.15) is 0 Å². The molecule has 2 saturated carbocycles. The fourth-order valence-electron chi connectivity index (χ4n) is 6.25. The summed E-state index contributed by atoms with van der Waals surface area (Å²) in [5.74, 6) is 1.96. The number of nitrogens with zero attached hydrogens (tertiary/aromatic N) is 1. The zero-order chi connectivity index (χ0) is 27.0. The van der Waals surface area contributed by atoms with Crippen molar-refractivity contribution >= 4 is 21.4 Å². The Labute approximate surface area is 231 Å². The van der Waals surface area contributed by atoms with Crippen molar-refractivity contribution in [1.29, 1.82) is 0 Å². The third-order valence-corrected chi connectivity index (χ3v) is 9.75. The van der Waals surface area contributed by atoms with Gasteiger partial charge in [0.2, 0.25) is 0 Å². The van der Waals surface area contributed by atoms with E-state index in [1.54, 1.807) is 31.4 Å². The fourth-order valence-corrected chi connectivity index (χ4v) is 7.31. The smallest absolute Gasteiger partial charge is 0.261 e. The maximum absolute atomic E-state index is 12.9. The molecule has 3 aliphatic rings. The summed E-state index contributed by atoms with van der Waals surface area (Å²) in [7, 11) is -1.95. The van der Waals surface area contributed by atoms with Crippen LogP contribution >= 0.6 is 0 Å². The van der Waals surface area contributed by atoms with Gasteiger partial charge < -0.3 is 9.47 Å². The van der Waals surface area contributed by atoms with Crippen molar-refractivity contribution < 1.29 is 17.9 Å². The molecule has 7 heteroatoms. The molecule has 204 valence electrons. The number of aliphatic imine (C=N–C) groups is 1. The second-order valence-corrected chi connectivity index (χ2v) is 12.7. The van der Waals surface area contributed by atoms with Crippen LogP contribution in [0.2, 0.25) is 0 Å². The second-order valence-electron chi connectivity index (χ2n) is 11.0. The molecule has 3 aromatic carbocycles. The number of sulfonamides is 1. The van der Waals surface area contributed by atoms with Gasteiger partial charge in [-0.05, 0) is 87.4 Å². The van der Waals surface area contributed by atoms with Crippen LogP contribution < -0.4 is 14.2 Å². The average molecular weight is 545 g/mol. The zero-order valence-corrected chi connectivity index (χ0v) is 23.5. The Bertz CT molecular complexity index is 1470. The highest BCUT2D eigenvalue weighted by atomic mass is 32.2. The summed E-state index contributed by atoms with van der Waals surface area (Å²) in [6.45, 7) is 1.93. The first kappa shape index (κ1) is 25.9. The van der Waals surface area contributed by atoms with Gasteiger partial charge in [0.25, 0.3) is 10.0 Å². The Morgan fingerprint density at radius 3 is 2.26 bits per heavy atom. The molecule has 3 aromatic rings. The standard InChI is InChI=1S/C32H36N2O4S/c1-21-11-17-25(18-12-21)39(35,36)34-23-15-13-22(14-16-23)32-28-20-31(38-24-7-3-4-8-24)30(37-2)19-27(28)26-9-5-6-10-29(26)33-32/h11-20,24,26,29,34H,3-10H2,1-2H3/t26-,29-/m1/s1. The van der Waals surface area contributed by atoms with Crippen LogP contribution in [0.15, 0.2) is 70.6 Å². The normalized spacial score (nSPS) is 21.0. The maximum Gasteiger partial charge on any atom is 0.261 e. The van der Waals surface area contributed by atoms with E-state index in [9.17, 15) is 8.42 Å². The third-order valence-electron chi connectivity index (χ3n) is 8.35. The van der Waals surface area contributed by atoms with E-state index in [1.807, 2.05) is 31.2 Å². The minimum Gasteiger partial charge on any atom is -0.493 e. The molecule has 6 rings (SSSR count). The van der Waals surface area contributed by atoms with Crippen LogP contribution in [-0.2, 0) is 10.0 Å². The van der Waals surface area contributed by atoms with Gasteiger partial charge in [-0.15, -0.1) is 0 Å². The number of nitrogens with one attached hydrogen (secondary N) is 1. The van der Waals surface area contributed by atoms with Gasteiger partial charge in [-0.25, -0.2) is 8.42 Å². The first-order valence-electron chi connectivity index (χ1n) is 14.1. The van der Waals surface area contributed by atoms with Crippen molar-refractivity contribution in [1.82, 2.24) is 0 Å². The molecule has 2 fully saturated rings. The lowest BCUT2D eigenvalue weighted by atomic mass is 9.75. The van der Waals surface area contributed by atoms with E-state index in [4.69, 9.17) is 14.5 Å². The lowest BCUT2D eigenvalue weighted by molar-refractivity contribution is 0.200. The molecule has 2 atom stereocenters. The van der Waals surface area contributed by atoms with Gasteiger partial charge in [0.15, 0.2) is 11.5 Å². The van der Waals surface area contributed by atoms with E-state index in [1.165, 1.54) is 31.2 Å². The molecule has 0 aromatic heterocycles. The lowest BCUT2D eigenvalue weighted by Crippen LogP contribution is -2.29. The molecular formula is C32H36N2O4S. The summed E-state index contributed by atoms with van der Waals surface area (Å²) in [5.41, 5.74) is 5.83. The lowest BCUT2D eigenvalue weighted by Gasteiger charge is -2.36. The molecule has 0 bridgehead atoms. The molecule has 0 radical (unpaired) electrons. The van der Waals surface area contributed by atoms with E-state index in [0.29, 0.717) is 11.6 Å². The van der Waals surface area contributed by atoms with Crippen LogP contribution in [0.1, 0.15) is 79.5 Å². The van der Waals surface area contributed by atoms with Gasteiger partial charge in [-0.2, -0.15) is 0 Å². The number of anilines is 1. The summed E-state index contributed by atoms with van der Waals surface area (Å²) in [5, 5.41) is 0. The molecule has 0 spiro atoms. The molecule has 39 heavy (non-hydrogen) atoms. The molecule has 2 aliphatic carbocycles. The highest BCUT2D eigenvalue weighted by Crippen LogP contribution is 2.45. The summed E-state index contributed by atoms with van der Waals surface area (Å²) in [4.78, 5) is 5.53. The number of aryl methyl sites for hydroxylation is 1. The van der Waals surface area contributed by atoms with Crippen LogP contribution in [0.4, 0.5) is 5.69 Å². The first-order chi connectivity index (χ1) is 18.9. The zero-order valence-electron chi connectivity index (χ0n) is 22.7. The van der Waals surface area contributed by atoms with Crippen molar-refractivity contribution in [2.75, 3.05) is 11.8 Å². The molecular weight excluding hydrogens is 508 g/mol. The number of methoxy groups -OCH3 is 1. The Balaban J connectivity index is 1.33. The quantitative estimate of drug-likeness (QED) is 0.347. The summed E-state index contributed by atoms with van der Waals surface area (Å²) >= 11 is 0. The van der Waals surface area contributed by atoms with Crippen LogP contribution in [-0.4, -0.2) is 33.4 Å². The van der Waals surface area contributed by atoms with E-state index in [2.05, 4.69) is 16.9 Å². The largest absolute Gasteiger partial charge is 0.493 e. The van der Waals surface area contributed by atoms with Gasteiger partial charge in [-0.3, -0.25) is 9.71 Å². The van der Waals surface area contributed by atoms with Crippen LogP contribution in [0.25, 0.3) is 0 Å². The van der Waals surface area contributed by atoms with Gasteiger partial charge in [-0.1, -0.05) is 42.7 Å². The van der Waals surface area contributed by atoms with Crippen LogP contribution in [0.3, 0.4) is 0 Å². The molecule has 0 unspecified atom stereocenters.